The normalized spacial score (nSPS) is 15.8. The van der Waals surface area contributed by atoms with E-state index >= 15 is 0 Å². The Labute approximate surface area is 120 Å². The Balaban J connectivity index is 2.73. The van der Waals surface area contributed by atoms with E-state index in [2.05, 4.69) is 0 Å². The van der Waals surface area contributed by atoms with E-state index in [1.807, 2.05) is 13.8 Å². The standard InChI is InChI=1S/C14H26N2O4/c1-4-7-15(10-13(17)18)14(19)16(8-9-20-3)11(2)12-5-6-12/h11-12H,4-10H2,1-3H3,(H,17,18). The molecule has 2 amide bonds. The Morgan fingerprint density at radius 3 is 2.45 bits per heavy atom. The summed E-state index contributed by atoms with van der Waals surface area (Å²) in [6, 6.07) is -0.0449. The quantitative estimate of drug-likeness (QED) is 0.699. The van der Waals surface area contributed by atoms with Crippen LogP contribution in [0.5, 0.6) is 0 Å². The zero-order valence-electron chi connectivity index (χ0n) is 12.7. The van der Waals surface area contributed by atoms with E-state index in [-0.39, 0.29) is 18.6 Å². The zero-order valence-corrected chi connectivity index (χ0v) is 12.7. The number of hydrogen-bond donors (Lipinski definition) is 1. The average Bonchev–Trinajstić information content (AvgIpc) is 3.22. The first-order chi connectivity index (χ1) is 9.51. The summed E-state index contributed by atoms with van der Waals surface area (Å²) in [5.74, 6) is -0.429. The van der Waals surface area contributed by atoms with Crippen molar-refractivity contribution >= 4 is 12.0 Å². The van der Waals surface area contributed by atoms with Gasteiger partial charge in [0.1, 0.15) is 6.54 Å². The number of rotatable bonds is 9. The number of hydrogen-bond acceptors (Lipinski definition) is 3. The molecule has 0 aromatic heterocycles. The maximum atomic E-state index is 12.6. The van der Waals surface area contributed by atoms with E-state index in [0.717, 1.165) is 19.3 Å². The number of carboxylic acid groups (broad SMARTS) is 1. The number of carbonyl (C=O) groups is 2. The smallest absolute Gasteiger partial charge is 0.323 e. The summed E-state index contributed by atoms with van der Waals surface area (Å²) in [4.78, 5) is 26.7. The van der Waals surface area contributed by atoms with E-state index < -0.39 is 5.97 Å². The Morgan fingerprint density at radius 1 is 1.35 bits per heavy atom. The lowest BCUT2D eigenvalue weighted by molar-refractivity contribution is -0.137. The predicted octanol–water partition coefficient (Wildman–Crippen LogP) is 1.65. The third-order valence-electron chi connectivity index (χ3n) is 3.67. The number of urea groups is 1. The minimum absolute atomic E-state index is 0.144. The molecule has 6 heteroatoms. The molecule has 20 heavy (non-hydrogen) atoms. The highest BCUT2D eigenvalue weighted by molar-refractivity contribution is 5.80. The second-order valence-corrected chi connectivity index (χ2v) is 5.36. The van der Waals surface area contributed by atoms with Gasteiger partial charge >= 0.3 is 12.0 Å². The fraction of sp³-hybridized carbons (Fsp3) is 0.857. The van der Waals surface area contributed by atoms with Crippen LogP contribution in [0.1, 0.15) is 33.1 Å². The second-order valence-electron chi connectivity index (χ2n) is 5.36. The summed E-state index contributed by atoms with van der Waals surface area (Å²) in [7, 11) is 1.60. The SMILES string of the molecule is CCCN(CC(=O)O)C(=O)N(CCOC)C(C)C1CC1. The van der Waals surface area contributed by atoms with Gasteiger partial charge in [-0.05, 0) is 32.1 Å². The van der Waals surface area contributed by atoms with Crippen molar-refractivity contribution < 1.29 is 19.4 Å². The molecule has 1 N–H and O–H groups in total. The largest absolute Gasteiger partial charge is 0.480 e. The van der Waals surface area contributed by atoms with Gasteiger partial charge in [0.15, 0.2) is 0 Å². The number of aliphatic carboxylic acids is 1. The van der Waals surface area contributed by atoms with Crippen molar-refractivity contribution in [2.45, 2.75) is 39.2 Å². The van der Waals surface area contributed by atoms with Gasteiger partial charge in [0, 0.05) is 26.2 Å². The van der Waals surface area contributed by atoms with Gasteiger partial charge in [-0.1, -0.05) is 6.92 Å². The Hall–Kier alpha value is -1.30. The van der Waals surface area contributed by atoms with Gasteiger partial charge in [-0.25, -0.2) is 4.79 Å². The van der Waals surface area contributed by atoms with Crippen LogP contribution in [0.4, 0.5) is 4.79 Å². The molecule has 116 valence electrons. The van der Waals surface area contributed by atoms with E-state index in [9.17, 15) is 9.59 Å². The predicted molar refractivity (Wildman–Crippen MR) is 75.7 cm³/mol. The summed E-state index contributed by atoms with van der Waals surface area (Å²) in [5, 5.41) is 8.94. The van der Waals surface area contributed by atoms with Gasteiger partial charge in [-0.3, -0.25) is 4.79 Å². The lowest BCUT2D eigenvalue weighted by Crippen LogP contribution is -2.50. The average molecular weight is 286 g/mol. The highest BCUT2D eigenvalue weighted by atomic mass is 16.5. The fourth-order valence-electron chi connectivity index (χ4n) is 2.35. The number of carbonyl (C=O) groups excluding carboxylic acids is 1. The number of carboxylic acids is 1. The maximum Gasteiger partial charge on any atom is 0.323 e. The summed E-state index contributed by atoms with van der Waals surface area (Å²) in [6.07, 6.45) is 3.03. The zero-order chi connectivity index (χ0) is 15.1. The molecule has 0 saturated heterocycles. The molecule has 0 spiro atoms. The Morgan fingerprint density at radius 2 is 2.00 bits per heavy atom. The van der Waals surface area contributed by atoms with Crippen molar-refractivity contribution in [3.8, 4) is 0 Å². The van der Waals surface area contributed by atoms with Gasteiger partial charge in [0.25, 0.3) is 0 Å². The van der Waals surface area contributed by atoms with Crippen LogP contribution in [-0.4, -0.2) is 66.3 Å². The van der Waals surface area contributed by atoms with Crippen LogP contribution >= 0.6 is 0 Å². The third-order valence-corrected chi connectivity index (χ3v) is 3.67. The topological polar surface area (TPSA) is 70.1 Å². The van der Waals surface area contributed by atoms with Crippen molar-refractivity contribution in [3.05, 3.63) is 0 Å². The van der Waals surface area contributed by atoms with Gasteiger partial charge in [-0.2, -0.15) is 0 Å². The molecular formula is C14H26N2O4. The molecule has 0 bridgehead atoms. The van der Waals surface area contributed by atoms with Crippen molar-refractivity contribution in [2.75, 3.05) is 33.4 Å². The molecule has 1 fully saturated rings. The van der Waals surface area contributed by atoms with Crippen LogP contribution in [0.15, 0.2) is 0 Å². The molecule has 1 unspecified atom stereocenters. The van der Waals surface area contributed by atoms with Gasteiger partial charge in [-0.15, -0.1) is 0 Å². The Kier molecular flexibility index (Phi) is 6.78. The number of ether oxygens (including phenoxy) is 1. The molecule has 6 nitrogen and oxygen atoms in total. The molecule has 0 radical (unpaired) electrons. The van der Waals surface area contributed by atoms with E-state index in [1.54, 1.807) is 12.0 Å². The van der Waals surface area contributed by atoms with E-state index in [0.29, 0.717) is 25.6 Å². The van der Waals surface area contributed by atoms with Gasteiger partial charge in [0.05, 0.1) is 6.61 Å². The van der Waals surface area contributed by atoms with Crippen molar-refractivity contribution in [1.29, 1.82) is 0 Å². The van der Waals surface area contributed by atoms with Gasteiger partial charge < -0.3 is 19.6 Å². The first-order valence-corrected chi connectivity index (χ1v) is 7.27. The monoisotopic (exact) mass is 286 g/mol. The highest BCUT2D eigenvalue weighted by Gasteiger charge is 2.35. The minimum Gasteiger partial charge on any atom is -0.480 e. The molecule has 0 aromatic carbocycles. The maximum absolute atomic E-state index is 12.6. The Bertz CT molecular complexity index is 331. The van der Waals surface area contributed by atoms with Gasteiger partial charge in [0.2, 0.25) is 0 Å². The van der Waals surface area contributed by atoms with Crippen LogP contribution in [-0.2, 0) is 9.53 Å². The summed E-state index contributed by atoms with van der Waals surface area (Å²) >= 11 is 0. The first kappa shape index (κ1) is 16.8. The molecule has 1 rings (SSSR count). The number of methoxy groups -OCH3 is 1. The molecule has 0 aliphatic heterocycles. The first-order valence-electron chi connectivity index (χ1n) is 7.27. The summed E-state index contributed by atoms with van der Waals surface area (Å²) in [6.45, 7) is 5.17. The lowest BCUT2D eigenvalue weighted by Gasteiger charge is -2.34. The molecule has 0 heterocycles. The minimum atomic E-state index is -0.974. The number of nitrogens with zero attached hydrogens (tertiary/aromatic N) is 2. The summed E-state index contributed by atoms with van der Waals surface area (Å²) < 4.78 is 5.06. The summed E-state index contributed by atoms with van der Waals surface area (Å²) in [5.41, 5.74) is 0. The molecule has 1 aliphatic rings. The number of amides is 2. The van der Waals surface area contributed by atoms with Crippen molar-refractivity contribution in [3.63, 3.8) is 0 Å². The van der Waals surface area contributed by atoms with E-state index in [1.165, 1.54) is 4.90 Å². The molecule has 1 atom stereocenters. The molecule has 0 aromatic rings. The molecular weight excluding hydrogens is 260 g/mol. The van der Waals surface area contributed by atoms with Crippen LogP contribution in [0.25, 0.3) is 0 Å². The lowest BCUT2D eigenvalue weighted by atomic mass is 10.2. The van der Waals surface area contributed by atoms with Crippen LogP contribution < -0.4 is 0 Å². The molecule has 1 aliphatic carbocycles. The van der Waals surface area contributed by atoms with Crippen LogP contribution in [0.2, 0.25) is 0 Å². The van der Waals surface area contributed by atoms with Crippen molar-refractivity contribution in [1.82, 2.24) is 9.80 Å². The highest BCUT2D eigenvalue weighted by Crippen LogP contribution is 2.35. The molecule has 1 saturated carbocycles. The van der Waals surface area contributed by atoms with Crippen LogP contribution in [0.3, 0.4) is 0 Å². The third kappa shape index (κ3) is 5.00. The van der Waals surface area contributed by atoms with E-state index in [4.69, 9.17) is 9.84 Å². The fourth-order valence-corrected chi connectivity index (χ4v) is 2.35. The van der Waals surface area contributed by atoms with Crippen LogP contribution in [0, 0.1) is 5.92 Å². The van der Waals surface area contributed by atoms with Crippen molar-refractivity contribution in [2.24, 2.45) is 5.92 Å². The second kappa shape index (κ2) is 8.09.